The Morgan fingerprint density at radius 2 is 1.65 bits per heavy atom. The number of halogens is 3. The molecule has 2 aromatic carbocycles. The average Bonchev–Trinajstić information content (AvgIpc) is 2.59. The zero-order chi connectivity index (χ0) is 18.6. The molecule has 0 radical (unpaired) electrons. The van der Waals surface area contributed by atoms with Gasteiger partial charge in [-0.3, -0.25) is 0 Å². The molecule has 0 aromatic heterocycles. The Hall–Kier alpha value is -1.31. The molecule has 0 spiro atoms. The molecule has 0 amide bonds. The van der Waals surface area contributed by atoms with E-state index in [1.54, 1.807) is 24.1 Å². The topological polar surface area (TPSA) is 12.5 Å². The minimum atomic E-state index is -4.26. The summed E-state index contributed by atoms with van der Waals surface area (Å²) in [5.41, 5.74) is -2.99. The fourth-order valence-corrected chi connectivity index (χ4v) is 4.31. The van der Waals surface area contributed by atoms with Gasteiger partial charge in [0.15, 0.2) is 0 Å². The highest BCUT2D eigenvalue weighted by molar-refractivity contribution is 8.00. The number of alkyl halides is 3. The molecule has 1 saturated heterocycles. The molecule has 1 heterocycles. The van der Waals surface area contributed by atoms with Gasteiger partial charge in [-0.1, -0.05) is 18.2 Å². The molecule has 1 fully saturated rings. The first-order valence-electron chi connectivity index (χ1n) is 8.40. The van der Waals surface area contributed by atoms with Gasteiger partial charge in [0.2, 0.25) is 0 Å². The first kappa shape index (κ1) is 19.5. The normalized spacial score (nSPS) is 16.6. The van der Waals surface area contributed by atoms with Crippen LogP contribution in [0, 0.1) is 6.92 Å². The number of benzene rings is 2. The van der Waals surface area contributed by atoms with Crippen molar-refractivity contribution in [1.29, 1.82) is 0 Å². The summed E-state index contributed by atoms with van der Waals surface area (Å²) >= 11 is 1.67. The summed E-state index contributed by atoms with van der Waals surface area (Å²) in [6.07, 6.45) is 1.90. The van der Waals surface area contributed by atoms with Gasteiger partial charge >= 0.3 is 5.51 Å². The van der Waals surface area contributed by atoms with Crippen LogP contribution in [0.3, 0.4) is 0 Å². The van der Waals surface area contributed by atoms with Crippen LogP contribution in [0.25, 0.3) is 0 Å². The van der Waals surface area contributed by atoms with E-state index in [9.17, 15) is 13.2 Å². The van der Waals surface area contributed by atoms with E-state index in [0.29, 0.717) is 5.75 Å². The molecular weight excluding hydrogens is 379 g/mol. The van der Waals surface area contributed by atoms with Crippen molar-refractivity contribution in [2.45, 2.75) is 41.2 Å². The van der Waals surface area contributed by atoms with E-state index in [1.165, 1.54) is 22.6 Å². The van der Waals surface area contributed by atoms with Gasteiger partial charge in [-0.2, -0.15) is 13.2 Å². The second-order valence-electron chi connectivity index (χ2n) is 6.12. The van der Waals surface area contributed by atoms with Crippen LogP contribution in [0.5, 0.6) is 5.75 Å². The lowest BCUT2D eigenvalue weighted by atomic mass is 10.1. The van der Waals surface area contributed by atoms with Crippen LogP contribution in [0.4, 0.5) is 13.2 Å². The number of ether oxygens (including phenoxy) is 1. The lowest BCUT2D eigenvalue weighted by molar-refractivity contribution is -0.0328. The smallest absolute Gasteiger partial charge is 0.446 e. The lowest BCUT2D eigenvalue weighted by Gasteiger charge is -2.31. The van der Waals surface area contributed by atoms with Gasteiger partial charge in [-0.15, -0.1) is 0 Å². The molecule has 0 saturated carbocycles. The molecule has 0 bridgehead atoms. The van der Waals surface area contributed by atoms with E-state index in [-0.39, 0.29) is 22.8 Å². The summed E-state index contributed by atoms with van der Waals surface area (Å²) in [6.45, 7) is 3.95. The van der Waals surface area contributed by atoms with Gasteiger partial charge < -0.3 is 4.74 Å². The summed E-state index contributed by atoms with van der Waals surface area (Å²) in [4.78, 5) is 1.44. The van der Waals surface area contributed by atoms with Gasteiger partial charge in [0, 0.05) is 22.9 Å². The molecule has 26 heavy (non-hydrogen) atoms. The SMILES string of the molecule is Cc1ccccc1SN1CCC(Oc2ccc(SC(F)(F)F)cc2)CC1. The molecule has 0 unspecified atom stereocenters. The van der Waals surface area contributed by atoms with Crippen LogP contribution in [0.1, 0.15) is 18.4 Å². The van der Waals surface area contributed by atoms with Gasteiger partial charge in [-0.05, 0) is 79.4 Å². The van der Waals surface area contributed by atoms with E-state index in [0.717, 1.165) is 25.9 Å². The van der Waals surface area contributed by atoms with E-state index >= 15 is 0 Å². The molecule has 1 aliphatic heterocycles. The zero-order valence-corrected chi connectivity index (χ0v) is 16.0. The Bertz CT molecular complexity index is 713. The Morgan fingerprint density at radius 1 is 1.00 bits per heavy atom. The lowest BCUT2D eigenvalue weighted by Crippen LogP contribution is -2.34. The second kappa shape index (κ2) is 8.59. The van der Waals surface area contributed by atoms with E-state index < -0.39 is 5.51 Å². The third-order valence-electron chi connectivity index (χ3n) is 4.08. The van der Waals surface area contributed by atoms with Gasteiger partial charge in [0.05, 0.1) is 0 Å². The standard InChI is InChI=1S/C19H20F3NOS2/c1-14-4-2-3-5-18(14)26-23-12-10-16(11-13-23)24-15-6-8-17(9-7-15)25-19(20,21)22/h2-9,16H,10-13H2,1H3. The highest BCUT2D eigenvalue weighted by atomic mass is 32.2. The summed E-state index contributed by atoms with van der Waals surface area (Å²) in [7, 11) is 0. The third-order valence-corrected chi connectivity index (χ3v) is 6.10. The highest BCUT2D eigenvalue weighted by Gasteiger charge is 2.29. The van der Waals surface area contributed by atoms with Crippen molar-refractivity contribution in [2.75, 3.05) is 13.1 Å². The summed E-state index contributed by atoms with van der Waals surface area (Å²) in [5.74, 6) is 0.626. The van der Waals surface area contributed by atoms with Crippen molar-refractivity contribution in [3.63, 3.8) is 0 Å². The number of hydrogen-bond acceptors (Lipinski definition) is 4. The second-order valence-corrected chi connectivity index (χ2v) is 8.40. The molecule has 7 heteroatoms. The van der Waals surface area contributed by atoms with Crippen molar-refractivity contribution in [3.8, 4) is 5.75 Å². The van der Waals surface area contributed by atoms with Crippen LogP contribution in [0.15, 0.2) is 58.3 Å². The summed E-state index contributed by atoms with van der Waals surface area (Å²) < 4.78 is 45.3. The van der Waals surface area contributed by atoms with Crippen molar-refractivity contribution in [3.05, 3.63) is 54.1 Å². The zero-order valence-electron chi connectivity index (χ0n) is 14.3. The van der Waals surface area contributed by atoms with Crippen LogP contribution < -0.4 is 4.74 Å². The van der Waals surface area contributed by atoms with Gasteiger partial charge in [-0.25, -0.2) is 4.31 Å². The molecule has 3 rings (SSSR count). The van der Waals surface area contributed by atoms with Gasteiger partial charge in [0.1, 0.15) is 11.9 Å². The van der Waals surface area contributed by atoms with Crippen LogP contribution in [-0.2, 0) is 0 Å². The fraction of sp³-hybridized carbons (Fsp3) is 0.368. The van der Waals surface area contributed by atoms with E-state index in [1.807, 2.05) is 12.1 Å². The first-order valence-corrected chi connectivity index (χ1v) is 9.99. The van der Waals surface area contributed by atoms with Crippen molar-refractivity contribution in [1.82, 2.24) is 4.31 Å². The maximum absolute atomic E-state index is 12.4. The highest BCUT2D eigenvalue weighted by Crippen LogP contribution is 2.37. The van der Waals surface area contributed by atoms with Crippen LogP contribution in [0.2, 0.25) is 0 Å². The Labute approximate surface area is 160 Å². The van der Waals surface area contributed by atoms with E-state index in [4.69, 9.17) is 4.74 Å². The molecule has 2 aromatic rings. The Balaban J connectivity index is 1.47. The van der Waals surface area contributed by atoms with Crippen molar-refractivity contribution < 1.29 is 17.9 Å². The number of nitrogens with zero attached hydrogens (tertiary/aromatic N) is 1. The molecule has 0 aliphatic carbocycles. The maximum Gasteiger partial charge on any atom is 0.446 e. The molecule has 1 aliphatic rings. The van der Waals surface area contributed by atoms with Gasteiger partial charge in [0.25, 0.3) is 0 Å². The predicted octanol–water partition coefficient (Wildman–Crippen LogP) is 6.16. The Kier molecular flexibility index (Phi) is 6.42. The van der Waals surface area contributed by atoms with Crippen LogP contribution >= 0.6 is 23.7 Å². The monoisotopic (exact) mass is 399 g/mol. The van der Waals surface area contributed by atoms with Crippen molar-refractivity contribution >= 4 is 23.7 Å². The predicted molar refractivity (Wildman–Crippen MR) is 101 cm³/mol. The maximum atomic E-state index is 12.4. The first-order chi connectivity index (χ1) is 12.4. The molecular formula is C19H20F3NOS2. The van der Waals surface area contributed by atoms with E-state index in [2.05, 4.69) is 23.4 Å². The minimum absolute atomic E-state index is 0.102. The molecule has 2 nitrogen and oxygen atoms in total. The number of rotatable bonds is 5. The van der Waals surface area contributed by atoms with Crippen LogP contribution in [-0.4, -0.2) is 29.0 Å². The number of thioether (sulfide) groups is 1. The number of aryl methyl sites for hydroxylation is 1. The third kappa shape index (κ3) is 5.86. The van der Waals surface area contributed by atoms with Crippen molar-refractivity contribution in [2.24, 2.45) is 0 Å². The number of hydrogen-bond donors (Lipinski definition) is 0. The largest absolute Gasteiger partial charge is 0.490 e. The molecule has 140 valence electrons. The fourth-order valence-electron chi connectivity index (χ4n) is 2.75. The quantitative estimate of drug-likeness (QED) is 0.441. The summed E-state index contributed by atoms with van der Waals surface area (Å²) in [6, 6.07) is 14.5. The Morgan fingerprint density at radius 3 is 2.27 bits per heavy atom. The molecule has 0 atom stereocenters. The number of piperidine rings is 1. The average molecular weight is 400 g/mol. The minimum Gasteiger partial charge on any atom is -0.490 e. The summed E-state index contributed by atoms with van der Waals surface area (Å²) in [5, 5.41) is 0. The molecule has 0 N–H and O–H groups in total.